The Bertz CT molecular complexity index is 254. The lowest BCUT2D eigenvalue weighted by Crippen LogP contribution is -2.54. The van der Waals surface area contributed by atoms with Crippen LogP contribution in [0.4, 0.5) is 8.78 Å². The quantitative estimate of drug-likeness (QED) is 0.733. The standard InChI is InChI=1S/C10H18F2N2O/c1-9(3-4-9)8(15)14-10(2,5-6-13)7(11)12/h7H,3-6,13H2,1-2H3,(H,14,15). The second kappa shape index (κ2) is 4.04. The molecule has 0 aliphatic heterocycles. The van der Waals surface area contributed by atoms with Crippen molar-refractivity contribution in [1.82, 2.24) is 5.32 Å². The molecule has 1 aliphatic rings. The van der Waals surface area contributed by atoms with Crippen LogP contribution in [-0.2, 0) is 4.79 Å². The third kappa shape index (κ3) is 2.65. The van der Waals surface area contributed by atoms with Crippen LogP contribution in [0.5, 0.6) is 0 Å². The Morgan fingerprint density at radius 3 is 2.47 bits per heavy atom. The maximum atomic E-state index is 12.8. The maximum Gasteiger partial charge on any atom is 0.261 e. The summed E-state index contributed by atoms with van der Waals surface area (Å²) in [5, 5.41) is 2.43. The number of amides is 1. The number of hydrogen-bond acceptors (Lipinski definition) is 2. The van der Waals surface area contributed by atoms with E-state index in [0.29, 0.717) is 0 Å². The van der Waals surface area contributed by atoms with Crippen LogP contribution in [0.3, 0.4) is 0 Å². The fraction of sp³-hybridized carbons (Fsp3) is 0.900. The van der Waals surface area contributed by atoms with Gasteiger partial charge in [-0.2, -0.15) is 0 Å². The fourth-order valence-electron chi connectivity index (χ4n) is 1.35. The Hall–Kier alpha value is -0.710. The van der Waals surface area contributed by atoms with Crippen LogP contribution in [0.2, 0.25) is 0 Å². The van der Waals surface area contributed by atoms with Gasteiger partial charge in [0.25, 0.3) is 6.43 Å². The third-order valence-electron chi connectivity index (χ3n) is 3.09. The van der Waals surface area contributed by atoms with E-state index in [0.717, 1.165) is 12.8 Å². The minimum absolute atomic E-state index is 0.0898. The molecule has 0 aromatic rings. The highest BCUT2D eigenvalue weighted by molar-refractivity contribution is 5.85. The molecule has 0 bridgehead atoms. The molecule has 3 N–H and O–H groups in total. The van der Waals surface area contributed by atoms with Crippen LogP contribution in [0, 0.1) is 5.41 Å². The first kappa shape index (κ1) is 12.4. The molecule has 1 unspecified atom stereocenters. The summed E-state index contributed by atoms with van der Waals surface area (Å²) in [5.41, 5.74) is 3.35. The second-order valence-electron chi connectivity index (χ2n) is 4.77. The van der Waals surface area contributed by atoms with Gasteiger partial charge in [-0.05, 0) is 32.7 Å². The molecule has 0 heterocycles. The predicted molar refractivity (Wildman–Crippen MR) is 53.6 cm³/mol. The number of alkyl halides is 2. The average Bonchev–Trinajstić information content (AvgIpc) is 2.85. The highest BCUT2D eigenvalue weighted by atomic mass is 19.3. The number of halogens is 2. The van der Waals surface area contributed by atoms with Crippen LogP contribution in [-0.4, -0.2) is 24.4 Å². The predicted octanol–water partition coefficient (Wildman–Crippen LogP) is 1.28. The van der Waals surface area contributed by atoms with E-state index in [1.54, 1.807) is 6.92 Å². The Morgan fingerprint density at radius 1 is 1.60 bits per heavy atom. The Labute approximate surface area is 88.4 Å². The van der Waals surface area contributed by atoms with Gasteiger partial charge in [0, 0.05) is 5.41 Å². The molecular weight excluding hydrogens is 202 g/mol. The van der Waals surface area contributed by atoms with Gasteiger partial charge in [-0.3, -0.25) is 4.79 Å². The molecule has 1 saturated carbocycles. The van der Waals surface area contributed by atoms with Crippen molar-refractivity contribution in [3.05, 3.63) is 0 Å². The topological polar surface area (TPSA) is 55.1 Å². The number of nitrogens with two attached hydrogens (primary N) is 1. The van der Waals surface area contributed by atoms with Crippen LogP contribution in [0.15, 0.2) is 0 Å². The minimum atomic E-state index is -2.59. The molecule has 1 fully saturated rings. The van der Waals surface area contributed by atoms with Crippen LogP contribution in [0.1, 0.15) is 33.1 Å². The lowest BCUT2D eigenvalue weighted by molar-refractivity contribution is -0.130. The van der Waals surface area contributed by atoms with E-state index < -0.39 is 17.4 Å². The molecule has 5 heteroatoms. The summed E-state index contributed by atoms with van der Waals surface area (Å²) in [6.45, 7) is 3.27. The van der Waals surface area contributed by atoms with Crippen molar-refractivity contribution in [1.29, 1.82) is 0 Å². The first-order valence-electron chi connectivity index (χ1n) is 5.15. The van der Waals surface area contributed by atoms with Crippen molar-refractivity contribution in [3.63, 3.8) is 0 Å². The van der Waals surface area contributed by atoms with E-state index >= 15 is 0 Å². The number of carbonyl (C=O) groups excluding carboxylic acids is 1. The lowest BCUT2D eigenvalue weighted by Gasteiger charge is -2.30. The zero-order valence-electron chi connectivity index (χ0n) is 9.15. The molecule has 0 aromatic carbocycles. The summed E-state index contributed by atoms with van der Waals surface area (Å²) in [5.74, 6) is -0.279. The minimum Gasteiger partial charge on any atom is -0.345 e. The molecule has 3 nitrogen and oxygen atoms in total. The van der Waals surface area contributed by atoms with E-state index in [9.17, 15) is 13.6 Å². The summed E-state index contributed by atoms with van der Waals surface area (Å²) in [4.78, 5) is 11.6. The maximum absolute atomic E-state index is 12.8. The van der Waals surface area contributed by atoms with Crippen molar-refractivity contribution in [2.24, 2.45) is 11.1 Å². The Balaban J connectivity index is 2.62. The van der Waals surface area contributed by atoms with Crippen LogP contribution in [0.25, 0.3) is 0 Å². The van der Waals surface area contributed by atoms with Gasteiger partial charge in [0.05, 0.1) is 5.54 Å². The summed E-state index contributed by atoms with van der Waals surface area (Å²) in [6, 6.07) is 0. The summed E-state index contributed by atoms with van der Waals surface area (Å²) in [6.07, 6.45) is -0.944. The third-order valence-corrected chi connectivity index (χ3v) is 3.09. The van der Waals surface area contributed by atoms with E-state index in [2.05, 4.69) is 5.32 Å². The molecule has 0 aromatic heterocycles. The van der Waals surface area contributed by atoms with Crippen molar-refractivity contribution in [2.45, 2.75) is 45.1 Å². The van der Waals surface area contributed by atoms with E-state index in [-0.39, 0.29) is 18.9 Å². The van der Waals surface area contributed by atoms with E-state index in [4.69, 9.17) is 5.73 Å². The van der Waals surface area contributed by atoms with Crippen LogP contribution >= 0.6 is 0 Å². The highest BCUT2D eigenvalue weighted by Gasteiger charge is 2.48. The van der Waals surface area contributed by atoms with E-state index in [1.165, 1.54) is 6.92 Å². The zero-order chi connectivity index (χ0) is 11.7. The van der Waals surface area contributed by atoms with Gasteiger partial charge >= 0.3 is 0 Å². The highest BCUT2D eigenvalue weighted by Crippen LogP contribution is 2.45. The molecule has 1 aliphatic carbocycles. The van der Waals surface area contributed by atoms with E-state index in [1.807, 2.05) is 0 Å². The Morgan fingerprint density at radius 2 is 2.13 bits per heavy atom. The van der Waals surface area contributed by atoms with Gasteiger partial charge in [-0.25, -0.2) is 8.78 Å². The number of carbonyl (C=O) groups is 1. The molecule has 0 saturated heterocycles. The first-order valence-corrected chi connectivity index (χ1v) is 5.15. The molecule has 0 spiro atoms. The Kier molecular flexibility index (Phi) is 3.33. The van der Waals surface area contributed by atoms with Crippen molar-refractivity contribution in [2.75, 3.05) is 6.54 Å². The SMILES string of the molecule is CC1(C(=O)NC(C)(CCN)C(F)F)CC1. The van der Waals surface area contributed by atoms with Crippen molar-refractivity contribution in [3.8, 4) is 0 Å². The normalized spacial score (nSPS) is 22.3. The number of hydrogen-bond donors (Lipinski definition) is 2. The first-order chi connectivity index (χ1) is 6.84. The number of nitrogens with one attached hydrogen (secondary N) is 1. The van der Waals surface area contributed by atoms with Gasteiger partial charge in [-0.1, -0.05) is 6.92 Å². The lowest BCUT2D eigenvalue weighted by atomic mass is 9.96. The fourth-order valence-corrected chi connectivity index (χ4v) is 1.35. The largest absolute Gasteiger partial charge is 0.345 e. The van der Waals surface area contributed by atoms with Gasteiger partial charge < -0.3 is 11.1 Å². The van der Waals surface area contributed by atoms with Crippen LogP contribution < -0.4 is 11.1 Å². The summed E-state index contributed by atoms with van der Waals surface area (Å²) in [7, 11) is 0. The molecule has 15 heavy (non-hydrogen) atoms. The molecule has 1 atom stereocenters. The average molecular weight is 220 g/mol. The van der Waals surface area contributed by atoms with Crippen molar-refractivity contribution < 1.29 is 13.6 Å². The second-order valence-corrected chi connectivity index (χ2v) is 4.77. The zero-order valence-corrected chi connectivity index (χ0v) is 9.15. The molecule has 88 valence electrons. The molecule has 1 amide bonds. The van der Waals surface area contributed by atoms with Gasteiger partial charge in [0.15, 0.2) is 0 Å². The smallest absolute Gasteiger partial charge is 0.261 e. The van der Waals surface area contributed by atoms with Gasteiger partial charge in [0.1, 0.15) is 0 Å². The molecule has 1 rings (SSSR count). The summed E-state index contributed by atoms with van der Waals surface area (Å²) >= 11 is 0. The summed E-state index contributed by atoms with van der Waals surface area (Å²) < 4.78 is 25.5. The van der Waals surface area contributed by atoms with Gasteiger partial charge in [-0.15, -0.1) is 0 Å². The molecule has 0 radical (unpaired) electrons. The van der Waals surface area contributed by atoms with Gasteiger partial charge in [0.2, 0.25) is 5.91 Å². The monoisotopic (exact) mass is 220 g/mol. The van der Waals surface area contributed by atoms with Crippen molar-refractivity contribution >= 4 is 5.91 Å². The molecular formula is C10H18F2N2O. The number of rotatable bonds is 5.